The summed E-state index contributed by atoms with van der Waals surface area (Å²) >= 11 is 0. The smallest absolute Gasteiger partial charge is 0.169 e. The minimum Gasteiger partial charge on any atom is -1.00 e. The van der Waals surface area contributed by atoms with Gasteiger partial charge in [0.25, 0.3) is 0 Å². The number of aryl methyl sites for hydroxylation is 1. The molecule has 0 aliphatic heterocycles. The molecule has 0 unspecified atom stereocenters. The number of benzene rings is 3. The molecule has 0 saturated carbocycles. The molecule has 0 radical (unpaired) electrons. The molecule has 24 heavy (non-hydrogen) atoms. The molecule has 0 nitrogen and oxygen atoms in total. The normalized spacial score (nSPS) is 10.4. The average Bonchev–Trinajstić information content (AvgIpc) is 2.63. The standard InChI is InChI=1S/C22H23S.HI/c1-2-3-12-19-13-10-11-18-22(19)23(20-14-6-4-7-15-20)21-16-8-5-9-17-21;/h4-11,13-18H,2-3,12H2,1H3;1H/q+1;/p-1. The molecule has 124 valence electrons. The molecule has 0 bridgehead atoms. The molecule has 0 saturated heterocycles. The van der Waals surface area contributed by atoms with Gasteiger partial charge in [0, 0.05) is 5.56 Å². The summed E-state index contributed by atoms with van der Waals surface area (Å²) in [5.41, 5.74) is 1.49. The number of unbranched alkanes of at least 4 members (excludes halogenated alkanes) is 1. The van der Waals surface area contributed by atoms with Gasteiger partial charge in [-0.25, -0.2) is 0 Å². The molecule has 0 fully saturated rings. The third kappa shape index (κ3) is 4.64. The van der Waals surface area contributed by atoms with Gasteiger partial charge in [0.1, 0.15) is 0 Å². The van der Waals surface area contributed by atoms with Crippen molar-refractivity contribution in [2.75, 3.05) is 0 Å². The third-order valence-electron chi connectivity index (χ3n) is 3.95. The molecule has 3 rings (SSSR count). The predicted molar refractivity (Wildman–Crippen MR) is 100 cm³/mol. The Morgan fingerprint density at radius 3 is 1.71 bits per heavy atom. The van der Waals surface area contributed by atoms with Crippen LogP contribution in [-0.2, 0) is 17.3 Å². The molecule has 0 aliphatic carbocycles. The molecule has 3 aromatic rings. The summed E-state index contributed by atoms with van der Waals surface area (Å²) in [7, 11) is -0.0297. The lowest BCUT2D eigenvalue weighted by atomic mass is 10.1. The van der Waals surface area contributed by atoms with Crippen LogP contribution in [0.1, 0.15) is 25.3 Å². The zero-order chi connectivity index (χ0) is 15.9. The highest BCUT2D eigenvalue weighted by Gasteiger charge is 2.30. The van der Waals surface area contributed by atoms with Gasteiger partial charge >= 0.3 is 0 Å². The lowest BCUT2D eigenvalue weighted by Crippen LogP contribution is -3.00. The lowest BCUT2D eigenvalue weighted by Gasteiger charge is -2.11. The molecule has 0 aromatic heterocycles. The van der Waals surface area contributed by atoms with Crippen LogP contribution < -0.4 is 24.0 Å². The van der Waals surface area contributed by atoms with Gasteiger partial charge in [-0.2, -0.15) is 0 Å². The van der Waals surface area contributed by atoms with Crippen molar-refractivity contribution in [2.24, 2.45) is 0 Å². The molecule has 0 amide bonds. The fourth-order valence-corrected chi connectivity index (χ4v) is 5.07. The Labute approximate surface area is 165 Å². The van der Waals surface area contributed by atoms with Crippen molar-refractivity contribution in [3.8, 4) is 0 Å². The van der Waals surface area contributed by atoms with Crippen LogP contribution in [0.2, 0.25) is 0 Å². The number of rotatable bonds is 6. The first-order valence-corrected chi connectivity index (χ1v) is 9.55. The molecule has 3 aromatic carbocycles. The maximum Gasteiger partial charge on any atom is 0.169 e. The predicted octanol–water partition coefficient (Wildman–Crippen LogP) is 3.13. The van der Waals surface area contributed by atoms with E-state index in [0.29, 0.717) is 0 Å². The molecule has 0 atom stereocenters. The van der Waals surface area contributed by atoms with Crippen molar-refractivity contribution >= 4 is 10.9 Å². The van der Waals surface area contributed by atoms with Crippen LogP contribution in [0, 0.1) is 0 Å². The minimum absolute atomic E-state index is 0. The first-order valence-electron chi connectivity index (χ1n) is 8.32. The summed E-state index contributed by atoms with van der Waals surface area (Å²) in [5, 5.41) is 0. The number of halogens is 1. The Bertz CT molecular complexity index is 686. The topological polar surface area (TPSA) is 0 Å². The van der Waals surface area contributed by atoms with Gasteiger partial charge in [-0.3, -0.25) is 0 Å². The van der Waals surface area contributed by atoms with E-state index < -0.39 is 0 Å². The Kier molecular flexibility index (Phi) is 7.86. The molecular formula is C22H23IS. The second-order valence-corrected chi connectivity index (χ2v) is 7.64. The van der Waals surface area contributed by atoms with Crippen LogP contribution in [0.15, 0.2) is 99.6 Å². The monoisotopic (exact) mass is 446 g/mol. The largest absolute Gasteiger partial charge is 1.00 e. The van der Waals surface area contributed by atoms with E-state index in [1.807, 2.05) is 0 Å². The van der Waals surface area contributed by atoms with E-state index in [2.05, 4.69) is 91.9 Å². The summed E-state index contributed by atoms with van der Waals surface area (Å²) in [5.74, 6) is 0. The Morgan fingerprint density at radius 1 is 0.667 bits per heavy atom. The zero-order valence-electron chi connectivity index (χ0n) is 14.0. The van der Waals surface area contributed by atoms with Crippen molar-refractivity contribution in [2.45, 2.75) is 40.9 Å². The van der Waals surface area contributed by atoms with Crippen LogP contribution in [0.25, 0.3) is 0 Å². The number of hydrogen-bond acceptors (Lipinski definition) is 0. The Balaban J connectivity index is 0.00000208. The van der Waals surface area contributed by atoms with Gasteiger partial charge in [-0.1, -0.05) is 67.9 Å². The van der Waals surface area contributed by atoms with Crippen LogP contribution in [0.3, 0.4) is 0 Å². The molecule has 2 heteroatoms. The maximum atomic E-state index is 2.31. The lowest BCUT2D eigenvalue weighted by molar-refractivity contribution is -0.00000466. The third-order valence-corrected chi connectivity index (χ3v) is 6.28. The number of hydrogen-bond donors (Lipinski definition) is 0. The van der Waals surface area contributed by atoms with Crippen molar-refractivity contribution in [1.29, 1.82) is 0 Å². The summed E-state index contributed by atoms with van der Waals surface area (Å²) in [6.07, 6.45) is 3.65. The van der Waals surface area contributed by atoms with Gasteiger partial charge < -0.3 is 24.0 Å². The summed E-state index contributed by atoms with van der Waals surface area (Å²) < 4.78 is 0. The van der Waals surface area contributed by atoms with Crippen LogP contribution in [0.4, 0.5) is 0 Å². The molecular weight excluding hydrogens is 423 g/mol. The summed E-state index contributed by atoms with van der Waals surface area (Å²) in [6.45, 7) is 2.26. The van der Waals surface area contributed by atoms with Gasteiger partial charge in [0.05, 0.1) is 10.9 Å². The molecule has 0 N–H and O–H groups in total. The van der Waals surface area contributed by atoms with Crippen molar-refractivity contribution < 1.29 is 24.0 Å². The van der Waals surface area contributed by atoms with Gasteiger partial charge in [-0.05, 0) is 43.2 Å². The summed E-state index contributed by atoms with van der Waals surface area (Å²) in [6, 6.07) is 30.8. The van der Waals surface area contributed by atoms with E-state index in [9.17, 15) is 0 Å². The van der Waals surface area contributed by atoms with E-state index >= 15 is 0 Å². The Morgan fingerprint density at radius 2 is 1.17 bits per heavy atom. The van der Waals surface area contributed by atoms with Crippen molar-refractivity contribution in [3.05, 3.63) is 90.5 Å². The van der Waals surface area contributed by atoms with Crippen LogP contribution in [0.5, 0.6) is 0 Å². The zero-order valence-corrected chi connectivity index (χ0v) is 17.0. The SMILES string of the molecule is CCCCc1ccccc1[S+](c1ccccc1)c1ccccc1.[I-]. The van der Waals surface area contributed by atoms with E-state index in [1.54, 1.807) is 0 Å². The van der Waals surface area contributed by atoms with Crippen molar-refractivity contribution in [3.63, 3.8) is 0 Å². The second kappa shape index (κ2) is 9.90. The Hall–Kier alpha value is -1.26. The highest BCUT2D eigenvalue weighted by atomic mass is 127. The molecule has 0 spiro atoms. The van der Waals surface area contributed by atoms with Crippen molar-refractivity contribution in [1.82, 2.24) is 0 Å². The first kappa shape index (κ1) is 19.1. The maximum absolute atomic E-state index is 2.31. The first-order chi connectivity index (χ1) is 11.4. The average molecular weight is 446 g/mol. The van der Waals surface area contributed by atoms with Gasteiger partial charge in [-0.15, -0.1) is 0 Å². The van der Waals surface area contributed by atoms with Crippen LogP contribution in [-0.4, -0.2) is 0 Å². The van der Waals surface area contributed by atoms with Crippen LogP contribution >= 0.6 is 0 Å². The second-order valence-electron chi connectivity index (χ2n) is 5.64. The van der Waals surface area contributed by atoms with E-state index in [0.717, 1.165) is 6.42 Å². The fourth-order valence-electron chi connectivity index (χ4n) is 2.78. The molecule has 0 aliphatic rings. The summed E-state index contributed by atoms with van der Waals surface area (Å²) in [4.78, 5) is 4.25. The fraction of sp³-hybridized carbons (Fsp3) is 0.182. The molecule has 0 heterocycles. The van der Waals surface area contributed by atoms with E-state index in [-0.39, 0.29) is 34.9 Å². The van der Waals surface area contributed by atoms with E-state index in [1.165, 1.54) is 33.1 Å². The highest BCUT2D eigenvalue weighted by Crippen LogP contribution is 2.33. The quantitative estimate of drug-likeness (QED) is 0.403. The van der Waals surface area contributed by atoms with E-state index in [4.69, 9.17) is 0 Å². The van der Waals surface area contributed by atoms with Gasteiger partial charge in [0.15, 0.2) is 14.7 Å². The minimum atomic E-state index is -0.0297. The highest BCUT2D eigenvalue weighted by molar-refractivity contribution is 7.97. The van der Waals surface area contributed by atoms with Gasteiger partial charge in [0.2, 0.25) is 0 Å².